The lowest BCUT2D eigenvalue weighted by Gasteiger charge is -2.31. The van der Waals surface area contributed by atoms with E-state index in [0.29, 0.717) is 5.56 Å². The number of alkyl halides is 9. The van der Waals surface area contributed by atoms with Crippen molar-refractivity contribution in [2.24, 2.45) is 0 Å². The van der Waals surface area contributed by atoms with Crippen LogP contribution in [0.1, 0.15) is 74.9 Å². The SMILES string of the molecule is Cc1ccc(C(=O)Nc2cccc(C(=O)Cc3c(C)cc(C(F)(C(F)(F)F)C(F)(F)F)cc3OC(F)F)c2C)cc1C(C)(C)C. The van der Waals surface area contributed by atoms with Gasteiger partial charge >= 0.3 is 24.6 Å². The van der Waals surface area contributed by atoms with Crippen LogP contribution in [0.2, 0.25) is 0 Å². The van der Waals surface area contributed by atoms with Crippen LogP contribution >= 0.6 is 0 Å². The quantitative estimate of drug-likeness (QED) is 0.196. The fourth-order valence-electron chi connectivity index (χ4n) is 4.99. The van der Waals surface area contributed by atoms with Crippen LogP contribution in [0.15, 0.2) is 48.5 Å². The maximum absolute atomic E-state index is 14.7. The molecule has 0 aliphatic rings. The topological polar surface area (TPSA) is 55.4 Å². The number of benzene rings is 3. The van der Waals surface area contributed by atoms with Crippen molar-refractivity contribution in [2.75, 3.05) is 5.32 Å². The number of anilines is 1. The lowest BCUT2D eigenvalue weighted by atomic mass is 9.83. The van der Waals surface area contributed by atoms with Gasteiger partial charge in [-0.15, -0.1) is 0 Å². The van der Waals surface area contributed by atoms with Crippen LogP contribution in [0.3, 0.4) is 0 Å². The molecule has 45 heavy (non-hydrogen) atoms. The average Bonchev–Trinajstić information content (AvgIpc) is 2.88. The predicted molar refractivity (Wildman–Crippen MR) is 150 cm³/mol. The van der Waals surface area contributed by atoms with Crippen molar-refractivity contribution in [2.45, 2.75) is 78.0 Å². The van der Waals surface area contributed by atoms with Gasteiger partial charge in [-0.25, -0.2) is 4.39 Å². The minimum Gasteiger partial charge on any atom is -0.435 e. The molecule has 0 saturated carbocycles. The van der Waals surface area contributed by atoms with Crippen molar-refractivity contribution in [1.29, 1.82) is 0 Å². The number of Topliss-reactive ketones (excluding diaryl/α,β-unsaturated/α-hetero) is 1. The van der Waals surface area contributed by atoms with E-state index >= 15 is 0 Å². The van der Waals surface area contributed by atoms with E-state index in [2.05, 4.69) is 10.1 Å². The zero-order chi connectivity index (χ0) is 34.3. The molecule has 244 valence electrons. The van der Waals surface area contributed by atoms with Crippen LogP contribution in [0, 0.1) is 20.8 Å². The van der Waals surface area contributed by atoms with Crippen molar-refractivity contribution < 1.29 is 53.8 Å². The number of carbonyl (C=O) groups is 2. The van der Waals surface area contributed by atoms with E-state index in [9.17, 15) is 49.1 Å². The van der Waals surface area contributed by atoms with Crippen LogP contribution in [0.25, 0.3) is 0 Å². The Morgan fingerprint density at radius 1 is 0.822 bits per heavy atom. The summed E-state index contributed by atoms with van der Waals surface area (Å²) in [5.74, 6) is -2.50. The molecule has 0 saturated heterocycles. The minimum absolute atomic E-state index is 0.0241. The highest BCUT2D eigenvalue weighted by molar-refractivity contribution is 6.06. The van der Waals surface area contributed by atoms with Crippen molar-refractivity contribution in [1.82, 2.24) is 0 Å². The first-order chi connectivity index (χ1) is 20.5. The molecule has 0 aliphatic carbocycles. The van der Waals surface area contributed by atoms with Gasteiger partial charge in [0, 0.05) is 34.4 Å². The summed E-state index contributed by atoms with van der Waals surface area (Å²) in [7, 11) is 0. The molecule has 3 rings (SSSR count). The molecule has 13 heteroatoms. The maximum Gasteiger partial charge on any atom is 0.435 e. The summed E-state index contributed by atoms with van der Waals surface area (Å²) >= 11 is 0. The van der Waals surface area contributed by atoms with Gasteiger partial charge in [0.2, 0.25) is 0 Å². The Morgan fingerprint density at radius 2 is 1.42 bits per heavy atom. The zero-order valence-corrected chi connectivity index (χ0v) is 25.0. The van der Waals surface area contributed by atoms with Crippen molar-refractivity contribution in [3.63, 3.8) is 0 Å². The second-order valence-electron chi connectivity index (χ2n) is 11.6. The number of carbonyl (C=O) groups excluding carboxylic acids is 2. The van der Waals surface area contributed by atoms with Gasteiger partial charge in [-0.1, -0.05) is 45.0 Å². The summed E-state index contributed by atoms with van der Waals surface area (Å²) in [5, 5.41) is 2.72. The van der Waals surface area contributed by atoms with Crippen molar-refractivity contribution in [3.8, 4) is 5.75 Å². The fraction of sp³-hybridized carbons (Fsp3) is 0.375. The molecule has 0 spiro atoms. The van der Waals surface area contributed by atoms with Gasteiger partial charge in [-0.05, 0) is 72.7 Å². The van der Waals surface area contributed by atoms with Gasteiger partial charge in [-0.3, -0.25) is 9.59 Å². The fourth-order valence-corrected chi connectivity index (χ4v) is 4.99. The number of aryl methyl sites for hydroxylation is 2. The lowest BCUT2D eigenvalue weighted by Crippen LogP contribution is -2.50. The Bertz CT molecular complexity index is 1590. The third-order valence-electron chi connectivity index (χ3n) is 7.35. The van der Waals surface area contributed by atoms with Gasteiger partial charge in [0.1, 0.15) is 5.75 Å². The second kappa shape index (κ2) is 12.4. The van der Waals surface area contributed by atoms with Crippen LogP contribution in [0.5, 0.6) is 5.75 Å². The summed E-state index contributed by atoms with van der Waals surface area (Å²) in [5.41, 5.74) is -6.47. The molecule has 3 aromatic carbocycles. The third kappa shape index (κ3) is 7.28. The van der Waals surface area contributed by atoms with E-state index in [0.717, 1.165) is 18.1 Å². The molecule has 0 aliphatic heterocycles. The molecular weight excluding hydrogens is 617 g/mol. The van der Waals surface area contributed by atoms with E-state index in [4.69, 9.17) is 0 Å². The first kappa shape index (κ1) is 35.4. The Kier molecular flexibility index (Phi) is 9.77. The third-order valence-corrected chi connectivity index (χ3v) is 7.35. The van der Waals surface area contributed by atoms with Gasteiger partial charge in [-0.2, -0.15) is 35.1 Å². The first-order valence-corrected chi connectivity index (χ1v) is 13.5. The van der Waals surface area contributed by atoms with E-state index in [-0.39, 0.29) is 34.4 Å². The Labute approximate surface area is 253 Å². The Hall–Kier alpha value is -4.03. The molecule has 0 unspecified atom stereocenters. The van der Waals surface area contributed by atoms with Crippen LogP contribution in [-0.2, 0) is 17.5 Å². The largest absolute Gasteiger partial charge is 0.435 e. The average molecular weight is 648 g/mol. The zero-order valence-electron chi connectivity index (χ0n) is 25.0. The summed E-state index contributed by atoms with van der Waals surface area (Å²) in [6.45, 7) is 6.58. The maximum atomic E-state index is 14.7. The highest BCUT2D eigenvalue weighted by atomic mass is 19.4. The lowest BCUT2D eigenvalue weighted by molar-refractivity contribution is -0.348. The molecule has 0 fully saturated rings. The summed E-state index contributed by atoms with van der Waals surface area (Å²) < 4.78 is 125. The van der Waals surface area contributed by atoms with E-state index in [1.54, 1.807) is 18.2 Å². The molecule has 4 nitrogen and oxygen atoms in total. The highest BCUT2D eigenvalue weighted by Gasteiger charge is 2.73. The molecule has 1 amide bonds. The molecular formula is C32H30F9NO3. The Balaban J connectivity index is 2.00. The predicted octanol–water partition coefficient (Wildman–Crippen LogP) is 9.48. The van der Waals surface area contributed by atoms with Crippen LogP contribution in [0.4, 0.5) is 45.2 Å². The molecule has 1 N–H and O–H groups in total. The molecule has 0 aromatic heterocycles. The number of hydrogen-bond acceptors (Lipinski definition) is 3. The normalized spacial score (nSPS) is 12.8. The van der Waals surface area contributed by atoms with Gasteiger partial charge in [0.15, 0.2) is 5.78 Å². The molecule has 0 atom stereocenters. The summed E-state index contributed by atoms with van der Waals surface area (Å²) in [6, 6.07) is 9.50. The van der Waals surface area contributed by atoms with Gasteiger partial charge < -0.3 is 10.1 Å². The van der Waals surface area contributed by atoms with Gasteiger partial charge in [0.05, 0.1) is 0 Å². The van der Waals surface area contributed by atoms with Gasteiger partial charge in [0.25, 0.3) is 5.91 Å². The number of nitrogens with one attached hydrogen (secondary N) is 1. The number of amides is 1. The molecule has 3 aromatic rings. The van der Waals surface area contributed by atoms with Crippen molar-refractivity contribution in [3.05, 3.63) is 93.0 Å². The molecule has 0 radical (unpaired) electrons. The monoisotopic (exact) mass is 647 g/mol. The van der Waals surface area contributed by atoms with Crippen LogP contribution < -0.4 is 10.1 Å². The number of hydrogen-bond donors (Lipinski definition) is 1. The smallest absolute Gasteiger partial charge is 0.435 e. The van der Waals surface area contributed by atoms with E-state index in [1.165, 1.54) is 25.1 Å². The standard InChI is InChI=1S/C32H30F9NO3/c1-16-10-11-19(13-23(16)29(4,5)6)27(44)42-24-9-7-8-21(18(24)3)25(43)15-22-17(2)12-20(14-26(22)45-28(33)34)30(35,31(36,37)38)32(39,40)41/h7-14,28H,15H2,1-6H3,(H,42,44). The number of ketones is 1. The number of halogens is 9. The van der Waals surface area contributed by atoms with E-state index in [1.807, 2.05) is 27.7 Å². The minimum atomic E-state index is -6.49. The highest BCUT2D eigenvalue weighted by Crippen LogP contribution is 2.54. The summed E-state index contributed by atoms with van der Waals surface area (Å²) in [4.78, 5) is 26.4. The Morgan fingerprint density at radius 3 is 1.96 bits per heavy atom. The number of ether oxygens (including phenoxy) is 1. The van der Waals surface area contributed by atoms with E-state index < -0.39 is 65.2 Å². The number of rotatable bonds is 8. The van der Waals surface area contributed by atoms with Crippen molar-refractivity contribution >= 4 is 17.4 Å². The van der Waals surface area contributed by atoms with Crippen LogP contribution in [-0.4, -0.2) is 30.7 Å². The molecule has 0 heterocycles. The second-order valence-corrected chi connectivity index (χ2v) is 11.6. The molecule has 0 bridgehead atoms. The first-order valence-electron chi connectivity index (χ1n) is 13.5. The summed E-state index contributed by atoms with van der Waals surface area (Å²) in [6.07, 6.45) is -13.8.